The zero-order valence-electron chi connectivity index (χ0n) is 5.00. The summed E-state index contributed by atoms with van der Waals surface area (Å²) < 4.78 is 24.0. The number of rotatable bonds is 1. The van der Waals surface area contributed by atoms with E-state index in [4.69, 9.17) is 5.73 Å². The first kappa shape index (κ1) is 6.98. The van der Waals surface area contributed by atoms with Gasteiger partial charge in [0.15, 0.2) is 0 Å². The van der Waals surface area contributed by atoms with Crippen molar-refractivity contribution in [3.63, 3.8) is 0 Å². The van der Waals surface area contributed by atoms with E-state index < -0.39 is 10.0 Å². The van der Waals surface area contributed by atoms with Crippen LogP contribution in [0.25, 0.3) is 0 Å². The lowest BCUT2D eigenvalue weighted by Crippen LogP contribution is -2.29. The molecule has 1 fully saturated rings. The van der Waals surface area contributed by atoms with Crippen LogP contribution in [0.2, 0.25) is 0 Å². The Balaban J connectivity index is 2.75. The monoisotopic (exact) mass is 150 g/mol. The summed E-state index contributed by atoms with van der Waals surface area (Å²) in [6.07, 6.45) is 0.652. The van der Waals surface area contributed by atoms with Gasteiger partial charge in [-0.05, 0) is 6.42 Å². The van der Waals surface area contributed by atoms with E-state index in [0.29, 0.717) is 13.0 Å². The van der Waals surface area contributed by atoms with Crippen molar-refractivity contribution in [3.05, 3.63) is 0 Å². The first-order valence-electron chi connectivity index (χ1n) is 2.85. The summed E-state index contributed by atoms with van der Waals surface area (Å²) in [6, 6.07) is 0. The highest BCUT2D eigenvalue weighted by molar-refractivity contribution is 7.90. The van der Waals surface area contributed by atoms with Crippen LogP contribution in [0.3, 0.4) is 0 Å². The molecule has 3 N–H and O–H groups in total. The van der Waals surface area contributed by atoms with E-state index in [-0.39, 0.29) is 11.8 Å². The van der Waals surface area contributed by atoms with Gasteiger partial charge in [-0.25, -0.2) is 13.1 Å². The molecule has 9 heavy (non-hydrogen) atoms. The smallest absolute Gasteiger partial charge is 0.215 e. The molecule has 0 bridgehead atoms. The van der Waals surface area contributed by atoms with Crippen LogP contribution in [0, 0.1) is 0 Å². The number of sulfonamides is 1. The molecule has 54 valence electrons. The number of nitrogens with one attached hydrogen (secondary N) is 1. The van der Waals surface area contributed by atoms with Gasteiger partial charge >= 0.3 is 0 Å². The van der Waals surface area contributed by atoms with Gasteiger partial charge in [-0.15, -0.1) is 0 Å². The van der Waals surface area contributed by atoms with E-state index in [0.717, 1.165) is 0 Å². The van der Waals surface area contributed by atoms with Crippen LogP contribution in [-0.4, -0.2) is 26.8 Å². The molecule has 1 aliphatic rings. The molecule has 0 aromatic carbocycles. The van der Waals surface area contributed by atoms with Gasteiger partial charge in [0.2, 0.25) is 10.0 Å². The van der Waals surface area contributed by atoms with Crippen LogP contribution in [0.15, 0.2) is 0 Å². The summed E-state index contributed by atoms with van der Waals surface area (Å²) in [5, 5.41) is -0.350. The predicted octanol–water partition coefficient (Wildman–Crippen LogP) is -1.36. The van der Waals surface area contributed by atoms with E-state index >= 15 is 0 Å². The first-order chi connectivity index (χ1) is 4.17. The lowest BCUT2D eigenvalue weighted by Gasteiger charge is -2.01. The van der Waals surface area contributed by atoms with Gasteiger partial charge < -0.3 is 5.73 Å². The Kier molecular flexibility index (Phi) is 1.74. The van der Waals surface area contributed by atoms with Crippen LogP contribution >= 0.6 is 0 Å². The van der Waals surface area contributed by atoms with E-state index in [9.17, 15) is 8.42 Å². The lowest BCUT2D eigenvalue weighted by molar-refractivity contribution is 0.584. The molecule has 0 aliphatic carbocycles. The second kappa shape index (κ2) is 2.24. The molecule has 0 radical (unpaired) electrons. The second-order valence-electron chi connectivity index (χ2n) is 2.09. The Morgan fingerprint density at radius 3 is 2.56 bits per heavy atom. The third-order valence-electron chi connectivity index (χ3n) is 1.47. The molecule has 1 atom stereocenters. The van der Waals surface area contributed by atoms with Crippen LogP contribution in [0.5, 0.6) is 0 Å². The van der Waals surface area contributed by atoms with Crippen LogP contribution in [-0.2, 0) is 10.0 Å². The van der Waals surface area contributed by atoms with Crippen molar-refractivity contribution in [2.45, 2.75) is 11.7 Å². The molecule has 1 aliphatic heterocycles. The van der Waals surface area contributed by atoms with Gasteiger partial charge in [-0.1, -0.05) is 0 Å². The third-order valence-corrected chi connectivity index (χ3v) is 3.38. The summed E-state index contributed by atoms with van der Waals surface area (Å²) in [6.45, 7) is 0.777. The Morgan fingerprint density at radius 2 is 2.33 bits per heavy atom. The maximum atomic E-state index is 10.8. The van der Waals surface area contributed by atoms with Crippen LogP contribution in [0.4, 0.5) is 0 Å². The second-order valence-corrected chi connectivity index (χ2v) is 4.13. The van der Waals surface area contributed by atoms with Gasteiger partial charge in [0, 0.05) is 13.1 Å². The van der Waals surface area contributed by atoms with Crippen molar-refractivity contribution < 1.29 is 8.42 Å². The van der Waals surface area contributed by atoms with E-state index in [1.807, 2.05) is 0 Å². The quantitative estimate of drug-likeness (QED) is 0.485. The van der Waals surface area contributed by atoms with E-state index in [1.165, 1.54) is 0 Å². The highest BCUT2D eigenvalue weighted by Gasteiger charge is 2.28. The Hall–Kier alpha value is -0.130. The minimum absolute atomic E-state index is 0.231. The zero-order chi connectivity index (χ0) is 6.91. The molecule has 1 saturated heterocycles. The molecule has 0 aromatic rings. The lowest BCUT2D eigenvalue weighted by atomic mass is 10.3. The Labute approximate surface area is 54.5 Å². The maximum Gasteiger partial charge on any atom is 0.215 e. The van der Waals surface area contributed by atoms with Gasteiger partial charge in [0.25, 0.3) is 0 Å². The highest BCUT2D eigenvalue weighted by Crippen LogP contribution is 2.08. The fourth-order valence-corrected chi connectivity index (χ4v) is 2.20. The van der Waals surface area contributed by atoms with Crippen molar-refractivity contribution in [3.8, 4) is 0 Å². The molecule has 0 unspecified atom stereocenters. The van der Waals surface area contributed by atoms with Gasteiger partial charge in [0.1, 0.15) is 0 Å². The van der Waals surface area contributed by atoms with Crippen molar-refractivity contribution in [1.82, 2.24) is 4.72 Å². The number of hydrogen-bond donors (Lipinski definition) is 2. The summed E-state index contributed by atoms with van der Waals surface area (Å²) in [7, 11) is -3.01. The molecule has 0 amide bonds. The van der Waals surface area contributed by atoms with Crippen molar-refractivity contribution in [2.24, 2.45) is 5.73 Å². The van der Waals surface area contributed by atoms with Gasteiger partial charge in [0.05, 0.1) is 5.25 Å². The maximum absolute atomic E-state index is 10.8. The molecular weight excluding hydrogens is 140 g/mol. The summed E-state index contributed by atoms with van der Waals surface area (Å²) >= 11 is 0. The fourth-order valence-electron chi connectivity index (χ4n) is 0.880. The molecule has 0 spiro atoms. The van der Waals surface area contributed by atoms with Gasteiger partial charge in [-0.3, -0.25) is 0 Å². The first-order valence-corrected chi connectivity index (χ1v) is 4.40. The minimum Gasteiger partial charge on any atom is -0.329 e. The predicted molar refractivity (Wildman–Crippen MR) is 34.4 cm³/mol. The Morgan fingerprint density at radius 1 is 1.67 bits per heavy atom. The zero-order valence-corrected chi connectivity index (χ0v) is 5.82. The number of hydrogen-bond acceptors (Lipinski definition) is 3. The summed E-state index contributed by atoms with van der Waals surface area (Å²) in [4.78, 5) is 0. The van der Waals surface area contributed by atoms with Crippen molar-refractivity contribution >= 4 is 10.0 Å². The van der Waals surface area contributed by atoms with E-state index in [2.05, 4.69) is 4.72 Å². The van der Waals surface area contributed by atoms with Crippen molar-refractivity contribution in [2.75, 3.05) is 13.1 Å². The minimum atomic E-state index is -3.01. The topological polar surface area (TPSA) is 72.2 Å². The molecule has 0 saturated carbocycles. The molecule has 1 heterocycles. The van der Waals surface area contributed by atoms with Crippen molar-refractivity contribution in [1.29, 1.82) is 0 Å². The SMILES string of the molecule is NC[C@H]1CCNS1(=O)=O. The average Bonchev–Trinajstić information content (AvgIpc) is 2.08. The molecule has 1 rings (SSSR count). The van der Waals surface area contributed by atoms with Crippen LogP contribution in [0.1, 0.15) is 6.42 Å². The average molecular weight is 150 g/mol. The Bertz CT molecular complexity index is 187. The van der Waals surface area contributed by atoms with E-state index in [1.54, 1.807) is 0 Å². The molecule has 0 aromatic heterocycles. The standard InChI is InChI=1S/C4H10N2O2S/c5-3-4-1-2-6-9(4,7)8/h4,6H,1-3,5H2/t4-/m1/s1. The normalized spacial score (nSPS) is 32.8. The third kappa shape index (κ3) is 1.23. The highest BCUT2D eigenvalue weighted by atomic mass is 32.2. The molecule has 5 heteroatoms. The number of nitrogens with two attached hydrogens (primary N) is 1. The molecule has 4 nitrogen and oxygen atoms in total. The summed E-state index contributed by atoms with van der Waals surface area (Å²) in [5.74, 6) is 0. The summed E-state index contributed by atoms with van der Waals surface area (Å²) in [5.41, 5.74) is 5.19. The largest absolute Gasteiger partial charge is 0.329 e. The van der Waals surface area contributed by atoms with Crippen LogP contribution < -0.4 is 10.5 Å². The van der Waals surface area contributed by atoms with Gasteiger partial charge in [-0.2, -0.15) is 0 Å². The molecular formula is C4H10N2O2S. The fraction of sp³-hybridized carbons (Fsp3) is 1.00.